The smallest absolute Gasteiger partial charge is 0.148 e. The zero-order chi connectivity index (χ0) is 58.7. The molecule has 0 aliphatic carbocycles. The van der Waals surface area contributed by atoms with Gasteiger partial charge in [0, 0.05) is 42.6 Å². The maximum absolute atomic E-state index is 12.7. The fourth-order valence-electron chi connectivity index (χ4n) is 9.00. The topological polar surface area (TPSA) is 50.9 Å². The summed E-state index contributed by atoms with van der Waals surface area (Å²) >= 11 is 0. The van der Waals surface area contributed by atoms with Crippen molar-refractivity contribution in [3.63, 3.8) is 0 Å². The Kier molecular flexibility index (Phi) is 10.0. The summed E-state index contributed by atoms with van der Waals surface area (Å²) in [5.41, 5.74) is 7.39. The number of phenolic OH excluding ortho intramolecular Hbond substituents is 1. The largest absolute Gasteiger partial charge is 0.507 e. The standard InChI is InChI=1S/C65H66N3O.Pt/c1-41-34-45(58-50(43-24-18-15-19-25-43)26-20-28-53(58)64(8,9)10)30-31-56(41)68-57-29-21-27-51(59(57)67-61(68)52-39-49(63(5,6)7)40-54(60(52)69)65(11,12)13)46-35-47(37-48(36-46)62(2,3)4)55-38-44(32-33-66-55)42-22-16-14-17-23-42;/h14-34,36-40,69H,1-13H3;/q-1;/i1D3,14D,16D,17D,22D,23D,32D,33D,38D;. The number of aryl methyl sites for hydroxylation is 1. The Morgan fingerprint density at radius 2 is 1.23 bits per heavy atom. The Morgan fingerprint density at radius 3 is 1.90 bits per heavy atom. The molecule has 0 unspecified atom stereocenters. The molecule has 358 valence electrons. The average molecular weight is 1110 g/mol. The molecule has 0 bridgehead atoms. The Morgan fingerprint density at radius 1 is 0.571 bits per heavy atom. The van der Waals surface area contributed by atoms with E-state index in [4.69, 9.17) is 14.6 Å². The van der Waals surface area contributed by atoms with E-state index in [1.54, 1.807) is 12.1 Å². The van der Waals surface area contributed by atoms with E-state index in [1.165, 1.54) is 0 Å². The van der Waals surface area contributed by atoms with Gasteiger partial charge in [-0.25, -0.2) is 4.98 Å². The van der Waals surface area contributed by atoms with Gasteiger partial charge in [-0.1, -0.05) is 203 Å². The maximum atomic E-state index is 12.7. The Balaban J connectivity index is 0.00000860. The molecule has 2 aromatic heterocycles. The maximum Gasteiger partial charge on any atom is 0.148 e. The van der Waals surface area contributed by atoms with Gasteiger partial charge in [-0.2, -0.15) is 0 Å². The molecular weight excluding hydrogens is 1030 g/mol. The van der Waals surface area contributed by atoms with Crippen molar-refractivity contribution in [3.05, 3.63) is 192 Å². The molecule has 7 aromatic carbocycles. The van der Waals surface area contributed by atoms with E-state index in [-0.39, 0.29) is 66.0 Å². The van der Waals surface area contributed by atoms with Crippen LogP contribution in [0.25, 0.3) is 83.9 Å². The van der Waals surface area contributed by atoms with Crippen LogP contribution in [-0.4, -0.2) is 19.6 Å². The van der Waals surface area contributed by atoms with Crippen LogP contribution in [-0.2, 0) is 42.7 Å². The fourth-order valence-corrected chi connectivity index (χ4v) is 9.00. The molecule has 0 aliphatic rings. The number of nitrogens with zero attached hydrogens (tertiary/aromatic N) is 3. The molecule has 0 aliphatic heterocycles. The molecule has 0 radical (unpaired) electrons. The number of pyridine rings is 1. The molecule has 4 nitrogen and oxygen atoms in total. The molecule has 1 N–H and O–H groups in total. The summed E-state index contributed by atoms with van der Waals surface area (Å²) in [6.07, 6.45) is -0.569. The van der Waals surface area contributed by atoms with Crippen LogP contribution in [0, 0.1) is 12.9 Å². The number of rotatable bonds is 7. The molecule has 0 saturated carbocycles. The summed E-state index contributed by atoms with van der Waals surface area (Å²) in [6, 6.07) is 34.5. The predicted octanol–water partition coefficient (Wildman–Crippen LogP) is 17.4. The van der Waals surface area contributed by atoms with Crippen LogP contribution in [0.2, 0.25) is 0 Å². The van der Waals surface area contributed by atoms with Crippen molar-refractivity contribution in [3.8, 4) is 78.6 Å². The third kappa shape index (κ3) is 9.73. The first-order valence-corrected chi connectivity index (χ1v) is 23.5. The number of fused-ring (bicyclic) bond motifs is 1. The van der Waals surface area contributed by atoms with Gasteiger partial charge < -0.3 is 5.11 Å². The van der Waals surface area contributed by atoms with Gasteiger partial charge in [0.15, 0.2) is 0 Å². The Labute approximate surface area is 446 Å². The van der Waals surface area contributed by atoms with Gasteiger partial charge in [0.1, 0.15) is 11.6 Å². The van der Waals surface area contributed by atoms with Crippen LogP contribution in [0.1, 0.15) is 126 Å². The van der Waals surface area contributed by atoms with Crippen molar-refractivity contribution >= 4 is 11.0 Å². The molecule has 0 saturated heterocycles. The van der Waals surface area contributed by atoms with Crippen LogP contribution in [0.15, 0.2) is 158 Å². The van der Waals surface area contributed by atoms with Crippen LogP contribution < -0.4 is 0 Å². The third-order valence-corrected chi connectivity index (χ3v) is 12.8. The van der Waals surface area contributed by atoms with Gasteiger partial charge in [0.05, 0.1) is 33.3 Å². The predicted molar refractivity (Wildman–Crippen MR) is 292 cm³/mol. The van der Waals surface area contributed by atoms with Crippen molar-refractivity contribution in [1.29, 1.82) is 0 Å². The summed E-state index contributed by atoms with van der Waals surface area (Å²) in [6.45, 7) is 22.2. The van der Waals surface area contributed by atoms with Gasteiger partial charge in [-0.05, 0) is 109 Å². The van der Waals surface area contributed by atoms with Gasteiger partial charge in [0.2, 0.25) is 0 Å². The van der Waals surface area contributed by atoms with Gasteiger partial charge in [-0.15, -0.1) is 29.3 Å². The third-order valence-electron chi connectivity index (χ3n) is 12.8. The van der Waals surface area contributed by atoms with E-state index >= 15 is 0 Å². The summed E-state index contributed by atoms with van der Waals surface area (Å²) in [4.78, 5) is 9.92. The first kappa shape index (κ1) is 37.5. The van der Waals surface area contributed by atoms with Crippen molar-refractivity contribution in [2.75, 3.05) is 0 Å². The second-order valence-electron chi connectivity index (χ2n) is 22.1. The van der Waals surface area contributed by atoms with E-state index in [0.717, 1.165) is 38.9 Å². The average Bonchev–Trinajstić information content (AvgIpc) is 4.00. The molecule has 70 heavy (non-hydrogen) atoms. The fraction of sp³-hybridized carbons (Fsp3) is 0.262. The summed E-state index contributed by atoms with van der Waals surface area (Å²) in [7, 11) is 0. The van der Waals surface area contributed by atoms with Crippen molar-refractivity contribution in [2.45, 2.75) is 112 Å². The second-order valence-corrected chi connectivity index (χ2v) is 22.1. The van der Waals surface area contributed by atoms with Crippen LogP contribution in [0.3, 0.4) is 0 Å². The molecule has 5 heteroatoms. The molecule has 0 amide bonds. The summed E-state index contributed by atoms with van der Waals surface area (Å²) in [5.74, 6) is 0.286. The Bertz CT molecular complexity index is 3940. The van der Waals surface area contributed by atoms with Gasteiger partial charge in [-0.3, -0.25) is 9.55 Å². The second kappa shape index (κ2) is 18.8. The molecule has 0 fully saturated rings. The van der Waals surface area contributed by atoms with Crippen LogP contribution >= 0.6 is 0 Å². The number of hydrogen-bond donors (Lipinski definition) is 1. The van der Waals surface area contributed by atoms with E-state index in [9.17, 15) is 10.6 Å². The van der Waals surface area contributed by atoms with E-state index in [2.05, 4.69) is 76.9 Å². The van der Waals surface area contributed by atoms with Gasteiger partial charge in [0.25, 0.3) is 0 Å². The van der Waals surface area contributed by atoms with E-state index in [1.807, 2.05) is 119 Å². The number of para-hydroxylation sites is 1. The number of aromatic hydroxyl groups is 1. The SMILES string of the molecule is [2H]c1nc(-c2[c-]c(-c3cccc4c3nc(-c3cc(C(C)(C)C)cc(C(C)(C)C)c3O)n4-c3ccc(-c4c(-c5ccccc5)cccc4C(C)(C)C)cc3C([2H])([2H])[2H])cc(C(C)(C)C)c2)c([2H])c(-c2c([2H])c([2H])c([2H])c([2H])c2[2H])c1[2H].[Pt]. The number of hydrogen-bond acceptors (Lipinski definition) is 3. The molecule has 9 aromatic rings. The molecular formula is C65H66N3OPt-. The molecule has 0 spiro atoms. The van der Waals surface area contributed by atoms with Crippen molar-refractivity contribution in [2.24, 2.45) is 0 Å². The van der Waals surface area contributed by atoms with Crippen molar-refractivity contribution in [1.82, 2.24) is 14.5 Å². The zero-order valence-corrected chi connectivity index (χ0v) is 44.3. The number of phenols is 1. The Hall–Kier alpha value is -6.35. The zero-order valence-electron chi connectivity index (χ0n) is 53.0. The van der Waals surface area contributed by atoms with Crippen molar-refractivity contribution < 1.29 is 41.3 Å². The first-order chi connectivity index (χ1) is 37.1. The molecule has 2 heterocycles. The van der Waals surface area contributed by atoms with Crippen LogP contribution in [0.5, 0.6) is 5.75 Å². The molecule has 9 rings (SSSR count). The minimum Gasteiger partial charge on any atom is -0.507 e. The first-order valence-electron chi connectivity index (χ1n) is 29.0. The summed E-state index contributed by atoms with van der Waals surface area (Å²) in [5, 5.41) is 12.7. The quantitative estimate of drug-likeness (QED) is 0.162. The minimum atomic E-state index is -2.67. The minimum absolute atomic E-state index is 0. The normalized spacial score (nSPS) is 14.7. The van der Waals surface area contributed by atoms with E-state index < -0.39 is 71.6 Å². The monoisotopic (exact) mass is 1110 g/mol. The van der Waals surface area contributed by atoms with Crippen LogP contribution in [0.4, 0.5) is 0 Å². The summed E-state index contributed by atoms with van der Waals surface area (Å²) < 4.78 is 99.7. The number of imidazole rings is 1. The number of benzene rings is 7. The number of aromatic nitrogens is 3. The molecule has 0 atom stereocenters. The van der Waals surface area contributed by atoms with Gasteiger partial charge >= 0.3 is 0 Å². The van der Waals surface area contributed by atoms with E-state index in [0.29, 0.717) is 39.0 Å².